The molecule has 8 aliphatic carbocycles. The molecule has 0 amide bonds. The van der Waals surface area contributed by atoms with Crippen LogP contribution in [0.3, 0.4) is 0 Å². The van der Waals surface area contributed by atoms with Gasteiger partial charge in [0.1, 0.15) is 11.5 Å². The van der Waals surface area contributed by atoms with Gasteiger partial charge in [0.2, 0.25) is 0 Å². The van der Waals surface area contributed by atoms with Crippen molar-refractivity contribution in [1.29, 1.82) is 0 Å². The highest BCUT2D eigenvalue weighted by Crippen LogP contribution is 2.27. The molecule has 0 aromatic heterocycles. The highest BCUT2D eigenvalue weighted by Gasteiger charge is 2.23. The Balaban J connectivity index is 1.19. The number of hydrogen-bond acceptors (Lipinski definition) is 4. The van der Waals surface area contributed by atoms with Gasteiger partial charge in [-0.1, -0.05) is 72.8 Å². The molecule has 38 heavy (non-hydrogen) atoms. The third-order valence-corrected chi connectivity index (χ3v) is 7.65. The lowest BCUT2D eigenvalue weighted by Gasteiger charge is -2.15. The van der Waals surface area contributed by atoms with E-state index in [1.807, 2.05) is 24.3 Å². The predicted molar refractivity (Wildman–Crippen MR) is 147 cm³/mol. The molecule has 4 aromatic rings. The van der Waals surface area contributed by atoms with E-state index in [0.29, 0.717) is 24.3 Å². The van der Waals surface area contributed by atoms with Gasteiger partial charge in [-0.25, -0.2) is 9.59 Å². The number of carbonyl (C=O) groups is 2. The Labute approximate surface area is 223 Å². The Kier molecular flexibility index (Phi) is 6.78. The first-order chi connectivity index (χ1) is 18.6. The molecule has 0 spiro atoms. The van der Waals surface area contributed by atoms with Gasteiger partial charge in [-0.15, -0.1) is 0 Å². The summed E-state index contributed by atoms with van der Waals surface area (Å²) in [7, 11) is 0. The minimum absolute atomic E-state index is 0.443. The summed E-state index contributed by atoms with van der Waals surface area (Å²) in [6.07, 6.45) is 6.53. The standard InChI is InChI=1S/C34H30O4/c35-33(37-31-21-27-11-9-23-1-5-25(6-2-23)13-17-29(31)19-15-27)34(36)38-32-22-28-12-10-24-3-7-26(8-4-24)14-18-30(32)20-16-28/h1-8,15-16,19-22H,9-14,17-18H2. The second-order valence-corrected chi connectivity index (χ2v) is 10.3. The summed E-state index contributed by atoms with van der Waals surface area (Å²) in [5.74, 6) is -1.10. The van der Waals surface area contributed by atoms with Crippen LogP contribution in [-0.4, -0.2) is 11.9 Å². The first-order valence-electron chi connectivity index (χ1n) is 13.4. The van der Waals surface area contributed by atoms with Crippen LogP contribution in [0.2, 0.25) is 0 Å². The van der Waals surface area contributed by atoms with Crippen LogP contribution in [0.25, 0.3) is 0 Å². The van der Waals surface area contributed by atoms with Gasteiger partial charge < -0.3 is 9.47 Å². The van der Waals surface area contributed by atoms with E-state index in [1.54, 1.807) is 0 Å². The Morgan fingerprint density at radius 3 is 1.05 bits per heavy atom. The molecule has 0 aliphatic heterocycles. The molecule has 190 valence electrons. The number of esters is 2. The van der Waals surface area contributed by atoms with E-state index < -0.39 is 11.9 Å². The fourth-order valence-electron chi connectivity index (χ4n) is 5.28. The van der Waals surface area contributed by atoms with Crippen molar-refractivity contribution in [2.75, 3.05) is 0 Å². The van der Waals surface area contributed by atoms with Crippen LogP contribution in [0.15, 0.2) is 84.9 Å². The van der Waals surface area contributed by atoms with Gasteiger partial charge in [-0.2, -0.15) is 0 Å². The van der Waals surface area contributed by atoms with Gasteiger partial charge >= 0.3 is 11.9 Å². The molecule has 4 nitrogen and oxygen atoms in total. The number of benzene rings is 4. The van der Waals surface area contributed by atoms with Crippen LogP contribution in [0.1, 0.15) is 44.5 Å². The van der Waals surface area contributed by atoms with Gasteiger partial charge in [0, 0.05) is 0 Å². The van der Waals surface area contributed by atoms with Crippen molar-refractivity contribution in [3.63, 3.8) is 0 Å². The van der Waals surface area contributed by atoms with Crippen LogP contribution in [0, 0.1) is 0 Å². The van der Waals surface area contributed by atoms with Crippen LogP contribution in [0.5, 0.6) is 11.5 Å². The van der Waals surface area contributed by atoms with Gasteiger partial charge in [-0.3, -0.25) is 0 Å². The molecule has 0 saturated heterocycles. The van der Waals surface area contributed by atoms with E-state index in [2.05, 4.69) is 60.7 Å². The molecule has 8 aliphatic rings. The molecule has 4 aromatic carbocycles. The zero-order valence-corrected chi connectivity index (χ0v) is 21.4. The van der Waals surface area contributed by atoms with Crippen LogP contribution in [-0.2, 0) is 61.0 Å². The smallest absolute Gasteiger partial charge is 0.418 e. The number of carbonyl (C=O) groups excluding carboxylic acids is 2. The van der Waals surface area contributed by atoms with E-state index >= 15 is 0 Å². The Bertz CT molecular complexity index is 1370. The van der Waals surface area contributed by atoms with Crippen molar-refractivity contribution in [3.05, 3.63) is 129 Å². The highest BCUT2D eigenvalue weighted by atomic mass is 16.6. The average molecular weight is 503 g/mol. The SMILES string of the molecule is O=C(Oc1cc2ccc1CCc1ccc(cc1)CC2)C(=O)Oc1cc2ccc1CCc1ccc(cc1)CC2. The number of aryl methyl sites for hydroxylation is 8. The van der Waals surface area contributed by atoms with Crippen LogP contribution >= 0.6 is 0 Å². The zero-order valence-electron chi connectivity index (χ0n) is 21.4. The molecule has 0 unspecified atom stereocenters. The predicted octanol–water partition coefficient (Wildman–Crippen LogP) is 5.97. The Morgan fingerprint density at radius 1 is 0.395 bits per heavy atom. The monoisotopic (exact) mass is 502 g/mol. The normalized spacial score (nSPS) is 14.2. The summed E-state index contributed by atoms with van der Waals surface area (Å²) in [5.41, 5.74) is 8.97. The molecule has 0 N–H and O–H groups in total. The first-order valence-corrected chi connectivity index (χ1v) is 13.4. The number of ether oxygens (including phenoxy) is 2. The van der Waals surface area contributed by atoms with E-state index in [9.17, 15) is 9.59 Å². The number of rotatable bonds is 2. The van der Waals surface area contributed by atoms with Crippen molar-refractivity contribution in [3.8, 4) is 11.5 Å². The lowest BCUT2D eigenvalue weighted by Crippen LogP contribution is -2.26. The van der Waals surface area contributed by atoms with Crippen molar-refractivity contribution in [2.24, 2.45) is 0 Å². The summed E-state index contributed by atoms with van der Waals surface area (Å²) < 4.78 is 11.3. The largest absolute Gasteiger partial charge is 0.423 e. The van der Waals surface area contributed by atoms with E-state index in [4.69, 9.17) is 9.47 Å². The third kappa shape index (κ3) is 5.55. The first kappa shape index (κ1) is 24.2. The second kappa shape index (κ2) is 10.7. The molecular weight excluding hydrogens is 472 g/mol. The molecule has 4 heteroatoms. The van der Waals surface area contributed by atoms with Crippen molar-refractivity contribution < 1.29 is 19.1 Å². The topological polar surface area (TPSA) is 52.6 Å². The van der Waals surface area contributed by atoms with E-state index in [-0.39, 0.29) is 0 Å². The van der Waals surface area contributed by atoms with Crippen molar-refractivity contribution >= 4 is 11.9 Å². The molecule has 0 saturated carbocycles. The summed E-state index contributed by atoms with van der Waals surface area (Å²) in [6, 6.07) is 29.4. The second-order valence-electron chi connectivity index (χ2n) is 10.3. The minimum Gasteiger partial charge on any atom is -0.418 e. The van der Waals surface area contributed by atoms with E-state index in [0.717, 1.165) is 60.8 Å². The van der Waals surface area contributed by atoms with Crippen LogP contribution < -0.4 is 9.47 Å². The fraction of sp³-hybridized carbons (Fsp3) is 0.235. The molecule has 0 fully saturated rings. The lowest BCUT2D eigenvalue weighted by molar-refractivity contribution is -0.156. The molecule has 12 rings (SSSR count). The van der Waals surface area contributed by atoms with Crippen LogP contribution in [0.4, 0.5) is 0 Å². The van der Waals surface area contributed by atoms with Gasteiger partial charge in [0.05, 0.1) is 0 Å². The molecule has 0 radical (unpaired) electrons. The average Bonchev–Trinajstić information content (AvgIpc) is 2.92. The Hall–Kier alpha value is -4.18. The minimum atomic E-state index is -0.994. The summed E-state index contributed by atoms with van der Waals surface area (Å²) >= 11 is 0. The quantitative estimate of drug-likeness (QED) is 0.193. The molecule has 0 atom stereocenters. The fourth-order valence-corrected chi connectivity index (χ4v) is 5.28. The van der Waals surface area contributed by atoms with Gasteiger partial charge in [-0.05, 0) is 108 Å². The number of hydrogen-bond donors (Lipinski definition) is 0. The zero-order chi connectivity index (χ0) is 25.9. The van der Waals surface area contributed by atoms with Gasteiger partial charge in [0.15, 0.2) is 0 Å². The van der Waals surface area contributed by atoms with Crippen molar-refractivity contribution in [2.45, 2.75) is 51.4 Å². The summed E-state index contributed by atoms with van der Waals surface area (Å²) in [6.45, 7) is 0. The summed E-state index contributed by atoms with van der Waals surface area (Å²) in [5, 5.41) is 0. The highest BCUT2D eigenvalue weighted by molar-refractivity contribution is 6.31. The Morgan fingerprint density at radius 2 is 0.684 bits per heavy atom. The van der Waals surface area contributed by atoms with Gasteiger partial charge in [0.25, 0.3) is 0 Å². The molecule has 8 bridgehead atoms. The van der Waals surface area contributed by atoms with E-state index in [1.165, 1.54) is 22.3 Å². The maximum Gasteiger partial charge on any atom is 0.423 e. The third-order valence-electron chi connectivity index (χ3n) is 7.65. The summed E-state index contributed by atoms with van der Waals surface area (Å²) in [4.78, 5) is 25.9. The molecular formula is C34H30O4. The van der Waals surface area contributed by atoms with Crippen molar-refractivity contribution in [1.82, 2.24) is 0 Å². The maximum atomic E-state index is 12.9. The lowest BCUT2D eigenvalue weighted by atomic mass is 9.96. The molecule has 0 heterocycles. The maximum absolute atomic E-state index is 12.9.